The third-order valence-corrected chi connectivity index (χ3v) is 4.14. The number of benzene rings is 2. The second kappa shape index (κ2) is 10.6. The molecule has 0 aliphatic rings. The Hall–Kier alpha value is -3.95. The maximum absolute atomic E-state index is 12.3. The molecular formula is C20H21N3O7. The van der Waals surface area contributed by atoms with Gasteiger partial charge in [-0.3, -0.25) is 14.9 Å². The molecule has 2 N–H and O–H groups in total. The van der Waals surface area contributed by atoms with Crippen LogP contribution in [0.1, 0.15) is 15.9 Å². The number of methoxy groups -OCH3 is 1. The van der Waals surface area contributed by atoms with Gasteiger partial charge in [-0.25, -0.2) is 9.59 Å². The molecule has 0 saturated carbocycles. The van der Waals surface area contributed by atoms with Gasteiger partial charge in [0.05, 0.1) is 17.6 Å². The van der Waals surface area contributed by atoms with Crippen LogP contribution >= 0.6 is 0 Å². The summed E-state index contributed by atoms with van der Waals surface area (Å²) in [5, 5.41) is 16.1. The number of nitrogens with zero attached hydrogens (tertiary/aromatic N) is 1. The van der Waals surface area contributed by atoms with Gasteiger partial charge in [-0.15, -0.1) is 0 Å². The number of anilines is 1. The van der Waals surface area contributed by atoms with Gasteiger partial charge in [-0.05, 0) is 11.6 Å². The van der Waals surface area contributed by atoms with Crippen molar-refractivity contribution in [2.75, 3.05) is 26.1 Å². The minimum absolute atomic E-state index is 0.0895. The van der Waals surface area contributed by atoms with E-state index in [4.69, 9.17) is 9.47 Å². The Kier molecular flexibility index (Phi) is 7.86. The summed E-state index contributed by atoms with van der Waals surface area (Å²) in [4.78, 5) is 46.8. The Labute approximate surface area is 172 Å². The third-order valence-electron chi connectivity index (χ3n) is 4.14. The highest BCUT2D eigenvalue weighted by atomic mass is 16.6. The van der Waals surface area contributed by atoms with Crippen LogP contribution in [0.4, 0.5) is 11.4 Å². The molecule has 30 heavy (non-hydrogen) atoms. The molecule has 0 radical (unpaired) electrons. The van der Waals surface area contributed by atoms with E-state index in [1.165, 1.54) is 26.3 Å². The standard InChI is InChI=1S/C20H21N3O7/c1-21-16-9-8-14(23(27)28)11-15(16)19(25)30-12-18(24)22-17(20(26)29-2)10-13-6-4-3-5-7-13/h3-9,11,17,21H,10,12H2,1-2H3,(H,22,24)/t17-/m0/s1. The first-order chi connectivity index (χ1) is 14.3. The SMILES string of the molecule is CNc1ccc([N+](=O)[O-])cc1C(=O)OCC(=O)N[C@@H](Cc1ccccc1)C(=O)OC. The highest BCUT2D eigenvalue weighted by Crippen LogP contribution is 2.22. The Morgan fingerprint density at radius 1 is 1.13 bits per heavy atom. The number of carbonyl (C=O) groups is 3. The lowest BCUT2D eigenvalue weighted by Crippen LogP contribution is -2.44. The number of hydrogen-bond acceptors (Lipinski definition) is 8. The van der Waals surface area contributed by atoms with Gasteiger partial charge < -0.3 is 20.1 Å². The predicted molar refractivity (Wildman–Crippen MR) is 107 cm³/mol. The van der Waals surface area contributed by atoms with Gasteiger partial charge in [-0.2, -0.15) is 0 Å². The number of hydrogen-bond donors (Lipinski definition) is 2. The zero-order chi connectivity index (χ0) is 22.1. The van der Waals surface area contributed by atoms with E-state index in [0.717, 1.165) is 11.6 Å². The maximum atomic E-state index is 12.3. The van der Waals surface area contributed by atoms with E-state index in [1.54, 1.807) is 24.3 Å². The van der Waals surface area contributed by atoms with E-state index < -0.39 is 35.4 Å². The highest BCUT2D eigenvalue weighted by molar-refractivity contribution is 5.97. The second-order valence-corrected chi connectivity index (χ2v) is 6.15. The fourth-order valence-electron chi connectivity index (χ4n) is 2.66. The number of non-ortho nitro benzene ring substituents is 1. The number of amides is 1. The Balaban J connectivity index is 2.03. The van der Waals surface area contributed by atoms with Crippen molar-refractivity contribution in [3.8, 4) is 0 Å². The Morgan fingerprint density at radius 2 is 1.83 bits per heavy atom. The van der Waals surface area contributed by atoms with Crippen LogP contribution in [0, 0.1) is 10.1 Å². The highest BCUT2D eigenvalue weighted by Gasteiger charge is 2.23. The average molecular weight is 415 g/mol. The Bertz CT molecular complexity index is 931. The quantitative estimate of drug-likeness (QED) is 0.359. The number of nitro benzene ring substituents is 1. The van der Waals surface area contributed by atoms with Crippen LogP contribution in [0.3, 0.4) is 0 Å². The first kappa shape index (κ1) is 22.3. The molecule has 1 amide bonds. The van der Waals surface area contributed by atoms with Gasteiger partial charge >= 0.3 is 11.9 Å². The number of esters is 2. The van der Waals surface area contributed by atoms with Gasteiger partial charge in [0.2, 0.25) is 0 Å². The largest absolute Gasteiger partial charge is 0.467 e. The van der Waals surface area contributed by atoms with E-state index in [1.807, 2.05) is 6.07 Å². The smallest absolute Gasteiger partial charge is 0.341 e. The van der Waals surface area contributed by atoms with Crippen LogP contribution in [-0.4, -0.2) is 49.6 Å². The summed E-state index contributed by atoms with van der Waals surface area (Å²) in [5.74, 6) is -2.28. The Morgan fingerprint density at radius 3 is 2.43 bits per heavy atom. The number of rotatable bonds is 9. The average Bonchev–Trinajstić information content (AvgIpc) is 2.76. The lowest BCUT2D eigenvalue weighted by molar-refractivity contribution is -0.384. The van der Waals surface area contributed by atoms with Crippen LogP contribution in [0.25, 0.3) is 0 Å². The normalized spacial score (nSPS) is 11.1. The van der Waals surface area contributed by atoms with Crippen LogP contribution in [-0.2, 0) is 25.5 Å². The first-order valence-electron chi connectivity index (χ1n) is 8.90. The summed E-state index contributed by atoms with van der Waals surface area (Å²) >= 11 is 0. The third kappa shape index (κ3) is 6.03. The zero-order valence-corrected chi connectivity index (χ0v) is 16.4. The maximum Gasteiger partial charge on any atom is 0.341 e. The van der Waals surface area contributed by atoms with Gasteiger partial charge in [0.15, 0.2) is 6.61 Å². The van der Waals surface area contributed by atoms with Gasteiger partial charge in [0.25, 0.3) is 11.6 Å². The number of carbonyl (C=O) groups excluding carboxylic acids is 3. The lowest BCUT2D eigenvalue weighted by Gasteiger charge is -2.17. The molecule has 0 bridgehead atoms. The fourth-order valence-corrected chi connectivity index (χ4v) is 2.66. The molecule has 0 unspecified atom stereocenters. The molecule has 2 rings (SSSR count). The summed E-state index contributed by atoms with van der Waals surface area (Å²) in [5.41, 5.74) is 0.732. The van der Waals surface area contributed by atoms with Crippen LogP contribution in [0.2, 0.25) is 0 Å². The molecule has 0 aromatic heterocycles. The molecule has 0 aliphatic carbocycles. The first-order valence-corrected chi connectivity index (χ1v) is 8.90. The second-order valence-electron chi connectivity index (χ2n) is 6.15. The molecule has 158 valence electrons. The van der Waals surface area contributed by atoms with Gasteiger partial charge in [-0.1, -0.05) is 30.3 Å². The summed E-state index contributed by atoms with van der Waals surface area (Å²) in [6, 6.07) is 11.7. The summed E-state index contributed by atoms with van der Waals surface area (Å²) in [6.45, 7) is -0.674. The molecule has 0 aliphatic heterocycles. The van der Waals surface area contributed by atoms with Crippen molar-refractivity contribution in [3.63, 3.8) is 0 Å². The fraction of sp³-hybridized carbons (Fsp3) is 0.250. The lowest BCUT2D eigenvalue weighted by atomic mass is 10.1. The molecule has 0 fully saturated rings. The van der Waals surface area contributed by atoms with E-state index in [-0.39, 0.29) is 17.7 Å². The minimum Gasteiger partial charge on any atom is -0.467 e. The molecule has 2 aromatic carbocycles. The topological polar surface area (TPSA) is 137 Å². The van der Waals surface area contributed by atoms with Crippen molar-refractivity contribution in [1.29, 1.82) is 0 Å². The number of nitrogens with one attached hydrogen (secondary N) is 2. The number of nitro groups is 1. The van der Waals surface area contributed by atoms with E-state index in [2.05, 4.69) is 10.6 Å². The summed E-state index contributed by atoms with van der Waals surface area (Å²) < 4.78 is 9.68. The van der Waals surface area contributed by atoms with Crippen LogP contribution in [0.5, 0.6) is 0 Å². The van der Waals surface area contributed by atoms with E-state index in [0.29, 0.717) is 5.69 Å². The van der Waals surface area contributed by atoms with Crippen LogP contribution in [0.15, 0.2) is 48.5 Å². The molecule has 10 heteroatoms. The predicted octanol–water partition coefficient (Wildman–Crippen LogP) is 1.69. The van der Waals surface area contributed by atoms with Crippen molar-refractivity contribution < 1.29 is 28.8 Å². The van der Waals surface area contributed by atoms with Gasteiger partial charge in [0, 0.05) is 31.3 Å². The van der Waals surface area contributed by atoms with Gasteiger partial charge in [0.1, 0.15) is 6.04 Å². The van der Waals surface area contributed by atoms with Crippen molar-refractivity contribution in [2.45, 2.75) is 12.5 Å². The molecule has 2 aromatic rings. The van der Waals surface area contributed by atoms with E-state index >= 15 is 0 Å². The number of ether oxygens (including phenoxy) is 2. The van der Waals surface area contributed by atoms with Crippen LogP contribution < -0.4 is 10.6 Å². The molecule has 0 saturated heterocycles. The minimum atomic E-state index is -0.964. The van der Waals surface area contributed by atoms with E-state index in [9.17, 15) is 24.5 Å². The summed E-state index contributed by atoms with van der Waals surface area (Å²) in [6.07, 6.45) is 0.196. The zero-order valence-electron chi connectivity index (χ0n) is 16.4. The summed E-state index contributed by atoms with van der Waals surface area (Å²) in [7, 11) is 2.74. The molecule has 0 spiro atoms. The monoisotopic (exact) mass is 415 g/mol. The molecule has 0 heterocycles. The molecule has 1 atom stereocenters. The van der Waals surface area contributed by atoms with Crippen molar-refractivity contribution in [2.24, 2.45) is 0 Å². The van der Waals surface area contributed by atoms with Crippen molar-refractivity contribution in [1.82, 2.24) is 5.32 Å². The van der Waals surface area contributed by atoms with Crippen molar-refractivity contribution in [3.05, 3.63) is 69.8 Å². The molecule has 10 nitrogen and oxygen atoms in total. The van der Waals surface area contributed by atoms with Crippen molar-refractivity contribution >= 4 is 29.2 Å². The molecular weight excluding hydrogens is 394 g/mol.